The molecular weight excluding hydrogens is 140 g/mol. The van der Waals surface area contributed by atoms with E-state index in [0.29, 0.717) is 5.41 Å². The predicted octanol–water partition coefficient (Wildman–Crippen LogP) is 0.924. The summed E-state index contributed by atoms with van der Waals surface area (Å²) in [4.78, 5) is 4.98. The maximum absolute atomic E-state index is 4.98. The summed E-state index contributed by atoms with van der Waals surface area (Å²) in [5.41, 5.74) is 0.299. The molecule has 0 amide bonds. The van der Waals surface area contributed by atoms with Crippen molar-refractivity contribution in [3.8, 4) is 0 Å². The molecular formula is C8H13N2O. The third kappa shape index (κ3) is 1.38. The van der Waals surface area contributed by atoms with Crippen molar-refractivity contribution in [1.82, 2.24) is 5.32 Å². The Morgan fingerprint density at radius 3 is 2.82 bits per heavy atom. The molecule has 2 rings (SSSR count). The van der Waals surface area contributed by atoms with Gasteiger partial charge in [0, 0.05) is 11.6 Å². The topological polar surface area (TPSA) is 33.6 Å². The summed E-state index contributed by atoms with van der Waals surface area (Å²) in [6.07, 6.45) is 5.29. The Kier molecular flexibility index (Phi) is 1.82. The molecule has 3 heteroatoms. The number of hydrogen-bond donors (Lipinski definition) is 1. The van der Waals surface area contributed by atoms with E-state index >= 15 is 0 Å². The second-order valence-corrected chi connectivity index (χ2v) is 3.33. The summed E-state index contributed by atoms with van der Waals surface area (Å²) in [6, 6.07) is 0. The summed E-state index contributed by atoms with van der Waals surface area (Å²) >= 11 is 0. The first-order valence-corrected chi connectivity index (χ1v) is 4.14. The number of nitrogens with one attached hydrogen (secondary N) is 1. The fraction of sp³-hybridized carbons (Fsp3) is 0.750. The lowest BCUT2D eigenvalue weighted by Gasteiger charge is -2.36. The van der Waals surface area contributed by atoms with Gasteiger partial charge in [-0.3, -0.25) is 0 Å². The van der Waals surface area contributed by atoms with Crippen LogP contribution in [0.2, 0.25) is 0 Å². The highest BCUT2D eigenvalue weighted by molar-refractivity contribution is 5.58. The van der Waals surface area contributed by atoms with E-state index in [-0.39, 0.29) is 0 Å². The molecule has 11 heavy (non-hydrogen) atoms. The molecule has 0 aromatic heterocycles. The normalized spacial score (nSPS) is 28.4. The van der Waals surface area contributed by atoms with Crippen LogP contribution < -0.4 is 5.32 Å². The lowest BCUT2D eigenvalue weighted by atomic mass is 9.77. The predicted molar refractivity (Wildman–Crippen MR) is 43.0 cm³/mol. The van der Waals surface area contributed by atoms with E-state index in [1.807, 2.05) is 12.8 Å². The highest BCUT2D eigenvalue weighted by Crippen LogP contribution is 2.36. The first kappa shape index (κ1) is 7.10. The summed E-state index contributed by atoms with van der Waals surface area (Å²) < 4.78 is 0. The Hall–Kier alpha value is -0.570. The molecule has 0 aliphatic carbocycles. The molecule has 0 aromatic rings. The first-order valence-electron chi connectivity index (χ1n) is 4.14. The van der Waals surface area contributed by atoms with Crippen molar-refractivity contribution in [3.63, 3.8) is 0 Å². The van der Waals surface area contributed by atoms with E-state index < -0.39 is 0 Å². The quantitative estimate of drug-likeness (QED) is 0.561. The molecule has 1 spiro atoms. The second-order valence-electron chi connectivity index (χ2n) is 3.33. The Bertz CT molecular complexity index is 161. The zero-order chi connectivity index (χ0) is 7.57. The molecule has 1 saturated heterocycles. The molecule has 0 saturated carbocycles. The van der Waals surface area contributed by atoms with Crippen LogP contribution in [0.1, 0.15) is 19.3 Å². The van der Waals surface area contributed by atoms with Gasteiger partial charge in [-0.2, -0.15) is 0 Å². The number of nitrogens with zero attached hydrogens (tertiary/aromatic N) is 1. The molecule has 0 unspecified atom stereocenters. The largest absolute Gasteiger partial charge is 0.388 e. The van der Waals surface area contributed by atoms with Gasteiger partial charge >= 0.3 is 0 Å². The van der Waals surface area contributed by atoms with Crippen LogP contribution in [-0.4, -0.2) is 19.3 Å². The van der Waals surface area contributed by atoms with Gasteiger partial charge in [0.05, 0.1) is 0 Å². The van der Waals surface area contributed by atoms with E-state index in [1.165, 1.54) is 12.8 Å². The van der Waals surface area contributed by atoms with Gasteiger partial charge in [0.2, 0.25) is 0 Å². The van der Waals surface area contributed by atoms with E-state index in [0.717, 1.165) is 19.5 Å². The monoisotopic (exact) mass is 153 g/mol. The van der Waals surface area contributed by atoms with E-state index in [2.05, 4.69) is 10.5 Å². The highest BCUT2D eigenvalue weighted by atomic mass is 16.6. The fourth-order valence-corrected chi connectivity index (χ4v) is 1.70. The van der Waals surface area contributed by atoms with Crippen molar-refractivity contribution in [2.75, 3.05) is 13.1 Å². The number of rotatable bonds is 0. The Morgan fingerprint density at radius 1 is 1.36 bits per heavy atom. The van der Waals surface area contributed by atoms with Gasteiger partial charge in [-0.1, -0.05) is 5.16 Å². The molecule has 1 fully saturated rings. The number of piperidine rings is 1. The van der Waals surface area contributed by atoms with Crippen molar-refractivity contribution in [1.29, 1.82) is 0 Å². The molecule has 2 aliphatic heterocycles. The van der Waals surface area contributed by atoms with Crippen LogP contribution in [-0.2, 0) is 4.84 Å². The minimum Gasteiger partial charge on any atom is -0.388 e. The number of oxime groups is 1. The average Bonchev–Trinajstić information content (AvgIpc) is 2.07. The molecule has 1 radical (unpaired) electrons. The van der Waals surface area contributed by atoms with Crippen molar-refractivity contribution in [2.24, 2.45) is 10.6 Å². The van der Waals surface area contributed by atoms with Crippen LogP contribution in [0.15, 0.2) is 5.16 Å². The summed E-state index contributed by atoms with van der Waals surface area (Å²) in [6.45, 7) is 4.12. The minimum atomic E-state index is 0.299. The van der Waals surface area contributed by atoms with Gasteiger partial charge in [0.15, 0.2) is 6.61 Å². The van der Waals surface area contributed by atoms with Crippen molar-refractivity contribution >= 4 is 6.21 Å². The molecule has 61 valence electrons. The number of hydrogen-bond acceptors (Lipinski definition) is 3. The molecule has 2 aliphatic rings. The maximum Gasteiger partial charge on any atom is 0.173 e. The van der Waals surface area contributed by atoms with Gasteiger partial charge in [-0.15, -0.1) is 0 Å². The van der Waals surface area contributed by atoms with Crippen LogP contribution in [0, 0.1) is 12.0 Å². The Balaban J connectivity index is 2.01. The van der Waals surface area contributed by atoms with Crippen LogP contribution in [0.25, 0.3) is 0 Å². The third-order valence-corrected chi connectivity index (χ3v) is 2.54. The van der Waals surface area contributed by atoms with Crippen LogP contribution >= 0.6 is 0 Å². The summed E-state index contributed by atoms with van der Waals surface area (Å²) in [5.74, 6) is 0. The highest BCUT2D eigenvalue weighted by Gasteiger charge is 2.34. The molecule has 3 nitrogen and oxygen atoms in total. The summed E-state index contributed by atoms with van der Waals surface area (Å²) in [7, 11) is 0. The Morgan fingerprint density at radius 2 is 2.18 bits per heavy atom. The maximum atomic E-state index is 4.98. The van der Waals surface area contributed by atoms with Crippen molar-refractivity contribution in [2.45, 2.75) is 19.3 Å². The SMILES string of the molecule is [CH]1ON=CCC12CCNCC2. The summed E-state index contributed by atoms with van der Waals surface area (Å²) in [5, 5.41) is 7.06. The lowest BCUT2D eigenvalue weighted by molar-refractivity contribution is 0.0821. The molecule has 0 bridgehead atoms. The molecule has 2 heterocycles. The van der Waals surface area contributed by atoms with Gasteiger partial charge in [-0.25, -0.2) is 0 Å². The molecule has 1 N–H and O–H groups in total. The lowest BCUT2D eigenvalue weighted by Crippen LogP contribution is -2.38. The van der Waals surface area contributed by atoms with Crippen molar-refractivity contribution < 1.29 is 4.84 Å². The first-order chi connectivity index (χ1) is 5.41. The Labute approximate surface area is 66.8 Å². The third-order valence-electron chi connectivity index (χ3n) is 2.54. The molecule has 0 atom stereocenters. The van der Waals surface area contributed by atoms with Crippen LogP contribution in [0.4, 0.5) is 0 Å². The van der Waals surface area contributed by atoms with Gasteiger partial charge in [-0.05, 0) is 32.4 Å². The van der Waals surface area contributed by atoms with Gasteiger partial charge in [0.25, 0.3) is 0 Å². The van der Waals surface area contributed by atoms with Crippen molar-refractivity contribution in [3.05, 3.63) is 6.61 Å². The standard InChI is InChI=1S/C8H13N2O/c1-4-9-5-2-8(1)3-6-10-11-7-8/h6-7,9H,1-5H2. The smallest absolute Gasteiger partial charge is 0.173 e. The van der Waals surface area contributed by atoms with Crippen LogP contribution in [0.3, 0.4) is 0 Å². The van der Waals surface area contributed by atoms with E-state index in [4.69, 9.17) is 4.84 Å². The fourth-order valence-electron chi connectivity index (χ4n) is 1.70. The van der Waals surface area contributed by atoms with E-state index in [9.17, 15) is 0 Å². The second kappa shape index (κ2) is 2.81. The van der Waals surface area contributed by atoms with Gasteiger partial charge in [0.1, 0.15) is 0 Å². The minimum absolute atomic E-state index is 0.299. The van der Waals surface area contributed by atoms with E-state index in [1.54, 1.807) is 0 Å². The zero-order valence-electron chi connectivity index (χ0n) is 6.55. The zero-order valence-corrected chi connectivity index (χ0v) is 6.55. The van der Waals surface area contributed by atoms with Crippen LogP contribution in [0.5, 0.6) is 0 Å². The average molecular weight is 153 g/mol. The molecule has 0 aromatic carbocycles. The van der Waals surface area contributed by atoms with Gasteiger partial charge < -0.3 is 10.2 Å².